The second-order valence-corrected chi connectivity index (χ2v) is 4.76. The third-order valence-electron chi connectivity index (χ3n) is 3.61. The van der Waals surface area contributed by atoms with E-state index in [0.717, 1.165) is 18.3 Å². The van der Waals surface area contributed by atoms with Crippen LogP contribution >= 0.6 is 0 Å². The van der Waals surface area contributed by atoms with Crippen LogP contribution in [0.5, 0.6) is 0 Å². The van der Waals surface area contributed by atoms with Gasteiger partial charge in [-0.15, -0.1) is 0 Å². The summed E-state index contributed by atoms with van der Waals surface area (Å²) in [6.45, 7) is 3.19. The fraction of sp³-hybridized carbons (Fsp3) is 0.769. The summed E-state index contributed by atoms with van der Waals surface area (Å²) in [6, 6.07) is 0. The van der Waals surface area contributed by atoms with Crippen LogP contribution in [0.4, 0.5) is 0 Å². The molecule has 0 aliphatic heterocycles. The molecule has 1 aliphatic rings. The third-order valence-corrected chi connectivity index (χ3v) is 3.61. The molecule has 15 heavy (non-hydrogen) atoms. The summed E-state index contributed by atoms with van der Waals surface area (Å²) >= 11 is 0. The largest absolute Gasteiger partial charge is 0.334 e. The Balaban J connectivity index is 1.79. The van der Waals surface area contributed by atoms with Gasteiger partial charge in [0.1, 0.15) is 12.0 Å². The van der Waals surface area contributed by atoms with Crippen LogP contribution in [0.2, 0.25) is 0 Å². The number of rotatable bonds is 3. The van der Waals surface area contributed by atoms with Gasteiger partial charge in [0.25, 0.3) is 0 Å². The minimum atomic E-state index is 0.953. The zero-order valence-corrected chi connectivity index (χ0v) is 9.71. The van der Waals surface area contributed by atoms with Gasteiger partial charge >= 0.3 is 0 Å². The van der Waals surface area contributed by atoms with E-state index in [1.807, 2.05) is 6.20 Å². The third kappa shape index (κ3) is 3.08. The van der Waals surface area contributed by atoms with E-state index in [9.17, 15) is 0 Å². The van der Waals surface area contributed by atoms with Crippen molar-refractivity contribution in [2.45, 2.75) is 58.4 Å². The minimum absolute atomic E-state index is 0.953. The lowest BCUT2D eigenvalue weighted by molar-refractivity contribution is 0.397. The molecule has 0 aromatic carbocycles. The maximum atomic E-state index is 4.14. The van der Waals surface area contributed by atoms with Gasteiger partial charge in [-0.25, -0.2) is 4.98 Å². The van der Waals surface area contributed by atoms with Crippen molar-refractivity contribution < 1.29 is 0 Å². The van der Waals surface area contributed by atoms with Gasteiger partial charge in [-0.2, -0.15) is 0 Å². The van der Waals surface area contributed by atoms with E-state index >= 15 is 0 Å². The van der Waals surface area contributed by atoms with Crippen LogP contribution in [-0.2, 0) is 6.54 Å². The molecule has 0 spiro atoms. The van der Waals surface area contributed by atoms with Gasteiger partial charge in [-0.05, 0) is 19.3 Å². The molecule has 1 saturated carbocycles. The van der Waals surface area contributed by atoms with E-state index in [2.05, 4.69) is 22.7 Å². The van der Waals surface area contributed by atoms with Crippen LogP contribution in [0.25, 0.3) is 0 Å². The summed E-state index contributed by atoms with van der Waals surface area (Å²) in [4.78, 5) is 4.14. The first kappa shape index (κ1) is 10.7. The number of nitrogens with zero attached hydrogens (tertiary/aromatic N) is 2. The molecule has 0 bridgehead atoms. The maximum Gasteiger partial charge on any atom is 0.109 e. The van der Waals surface area contributed by atoms with Crippen LogP contribution in [0.1, 0.15) is 50.8 Å². The quantitative estimate of drug-likeness (QED) is 0.692. The zero-order valence-electron chi connectivity index (χ0n) is 9.71. The van der Waals surface area contributed by atoms with E-state index in [1.54, 1.807) is 0 Å². The molecular formula is C13H21N2. The average molecular weight is 205 g/mol. The van der Waals surface area contributed by atoms with Gasteiger partial charge < -0.3 is 4.57 Å². The number of imidazole rings is 1. The molecule has 83 valence electrons. The van der Waals surface area contributed by atoms with E-state index in [-0.39, 0.29) is 0 Å². The number of hydrogen-bond acceptors (Lipinski definition) is 1. The lowest BCUT2D eigenvalue weighted by atomic mass is 9.97. The van der Waals surface area contributed by atoms with Crippen LogP contribution in [0.3, 0.4) is 0 Å². The average Bonchev–Trinajstić information content (AvgIpc) is 2.53. The van der Waals surface area contributed by atoms with Gasteiger partial charge in [0.2, 0.25) is 0 Å². The first-order chi connectivity index (χ1) is 7.36. The predicted octanol–water partition coefficient (Wildman–Crippen LogP) is 3.35. The molecular weight excluding hydrogens is 184 g/mol. The SMILES string of the molecule is Cc1n[c]cn1CCC1CCCCCC1. The van der Waals surface area contributed by atoms with Crippen LogP contribution in [0.15, 0.2) is 6.20 Å². The summed E-state index contributed by atoms with van der Waals surface area (Å²) in [5.41, 5.74) is 0. The molecule has 1 aromatic heterocycles. The van der Waals surface area contributed by atoms with Crippen molar-refractivity contribution in [1.82, 2.24) is 9.55 Å². The van der Waals surface area contributed by atoms with Crippen molar-refractivity contribution in [3.05, 3.63) is 18.2 Å². The zero-order chi connectivity index (χ0) is 10.5. The highest BCUT2D eigenvalue weighted by Gasteiger charge is 2.12. The molecule has 1 radical (unpaired) electrons. The highest BCUT2D eigenvalue weighted by molar-refractivity contribution is 4.87. The van der Waals surface area contributed by atoms with Crippen molar-refractivity contribution in [2.75, 3.05) is 0 Å². The van der Waals surface area contributed by atoms with Gasteiger partial charge in [0.15, 0.2) is 0 Å². The van der Waals surface area contributed by atoms with E-state index < -0.39 is 0 Å². The first-order valence-electron chi connectivity index (χ1n) is 6.26. The Hall–Kier alpha value is -0.790. The lowest BCUT2D eigenvalue weighted by Crippen LogP contribution is -2.06. The molecule has 2 rings (SSSR count). The number of hydrogen-bond donors (Lipinski definition) is 0. The molecule has 1 aliphatic carbocycles. The normalized spacial score (nSPS) is 19.0. The standard InChI is InChI=1S/C13H21N2/c1-12-14-9-11-15(12)10-8-13-6-4-2-3-5-7-13/h11,13H,2-8,10H2,1H3. The summed E-state index contributed by atoms with van der Waals surface area (Å²) in [5, 5.41) is 0. The second-order valence-electron chi connectivity index (χ2n) is 4.76. The molecule has 0 amide bonds. The fourth-order valence-electron chi connectivity index (χ4n) is 2.55. The Bertz CT molecular complexity index is 282. The van der Waals surface area contributed by atoms with Crippen molar-refractivity contribution in [3.63, 3.8) is 0 Å². The Morgan fingerprint density at radius 1 is 1.33 bits per heavy atom. The molecule has 2 nitrogen and oxygen atoms in total. The van der Waals surface area contributed by atoms with Crippen LogP contribution in [0, 0.1) is 19.0 Å². The molecule has 0 N–H and O–H groups in total. The van der Waals surface area contributed by atoms with E-state index in [4.69, 9.17) is 0 Å². The second kappa shape index (κ2) is 5.34. The highest BCUT2D eigenvalue weighted by Crippen LogP contribution is 2.25. The van der Waals surface area contributed by atoms with Crippen LogP contribution < -0.4 is 0 Å². The van der Waals surface area contributed by atoms with Crippen molar-refractivity contribution >= 4 is 0 Å². The van der Waals surface area contributed by atoms with Crippen molar-refractivity contribution in [1.29, 1.82) is 0 Å². The Kier molecular flexibility index (Phi) is 3.81. The summed E-state index contributed by atoms with van der Waals surface area (Å²) in [7, 11) is 0. The molecule has 0 atom stereocenters. The summed E-state index contributed by atoms with van der Waals surface area (Å²) < 4.78 is 2.23. The van der Waals surface area contributed by atoms with E-state index in [1.165, 1.54) is 44.9 Å². The van der Waals surface area contributed by atoms with Crippen molar-refractivity contribution in [3.8, 4) is 0 Å². The Morgan fingerprint density at radius 2 is 2.07 bits per heavy atom. The van der Waals surface area contributed by atoms with Crippen molar-refractivity contribution in [2.24, 2.45) is 5.92 Å². The monoisotopic (exact) mass is 205 g/mol. The lowest BCUT2D eigenvalue weighted by Gasteiger charge is -2.14. The van der Waals surface area contributed by atoms with Gasteiger partial charge in [-0.3, -0.25) is 0 Å². The maximum absolute atomic E-state index is 4.14. The molecule has 0 unspecified atom stereocenters. The fourth-order valence-corrected chi connectivity index (χ4v) is 2.55. The number of aromatic nitrogens is 2. The van der Waals surface area contributed by atoms with Gasteiger partial charge in [-0.1, -0.05) is 38.5 Å². The van der Waals surface area contributed by atoms with E-state index in [0.29, 0.717) is 0 Å². The van der Waals surface area contributed by atoms with Gasteiger partial charge in [0.05, 0.1) is 0 Å². The van der Waals surface area contributed by atoms with Gasteiger partial charge in [0, 0.05) is 12.7 Å². The molecule has 1 fully saturated rings. The highest BCUT2D eigenvalue weighted by atomic mass is 15.0. The molecule has 1 heterocycles. The predicted molar refractivity (Wildman–Crippen MR) is 61.6 cm³/mol. The summed E-state index contributed by atoms with van der Waals surface area (Å²) in [6.07, 6.45) is 14.9. The first-order valence-corrected chi connectivity index (χ1v) is 6.26. The Labute approximate surface area is 92.7 Å². The molecule has 1 aromatic rings. The van der Waals surface area contributed by atoms with Crippen LogP contribution in [-0.4, -0.2) is 9.55 Å². The number of aryl methyl sites for hydroxylation is 2. The molecule has 0 saturated heterocycles. The minimum Gasteiger partial charge on any atom is -0.334 e. The molecule has 2 heteroatoms. The Morgan fingerprint density at radius 3 is 2.67 bits per heavy atom. The summed E-state index contributed by atoms with van der Waals surface area (Å²) in [5.74, 6) is 2.05. The topological polar surface area (TPSA) is 17.8 Å². The smallest absolute Gasteiger partial charge is 0.109 e.